The Hall–Kier alpha value is 4.47. The molecule has 0 bridgehead atoms. The Morgan fingerprint density at radius 2 is 1.22 bits per heavy atom. The summed E-state index contributed by atoms with van der Waals surface area (Å²) in [6.07, 6.45) is 0. The van der Waals surface area contributed by atoms with Crippen LogP contribution in [0.25, 0.3) is 0 Å². The molecule has 0 heterocycles. The summed E-state index contributed by atoms with van der Waals surface area (Å²) >= 11 is -5.35. The van der Waals surface area contributed by atoms with Crippen LogP contribution in [-0.2, 0) is 25.4 Å². The van der Waals surface area contributed by atoms with Crippen molar-refractivity contribution in [1.82, 2.24) is 0 Å². The molecular weight excluding hydrogens is 348 g/mol. The van der Waals surface area contributed by atoms with Crippen molar-refractivity contribution >= 4 is 20.1 Å². The zero-order chi connectivity index (χ0) is 4.50. The van der Waals surface area contributed by atoms with Crippen molar-refractivity contribution in [2.45, 2.75) is 0 Å². The number of hydrogen-bond acceptors (Lipinski definition) is 1. The fraction of sp³-hybridized carbons (Fsp3) is 0. The average Bonchev–Trinajstić information content (AvgIpc) is 0.722. The van der Waals surface area contributed by atoms with Crippen LogP contribution in [-0.4, -0.2) is 30.2 Å². The first-order chi connectivity index (χ1) is 2.00. The maximum absolute atomic E-state index is 8.97. The van der Waals surface area contributed by atoms with Gasteiger partial charge in [-0.25, -0.2) is 0 Å². The first-order valence-electron chi connectivity index (χ1n) is 0.783. The number of rotatable bonds is 0. The quantitative estimate of drug-likeness (QED) is 0.378. The molecule has 1 radical (unpaired) electrons. The van der Waals surface area contributed by atoms with Gasteiger partial charge in [-0.2, -0.15) is 0 Å². The molecule has 0 fully saturated rings. The molecule has 0 aliphatic heterocycles. The Morgan fingerprint density at radius 1 is 1.22 bits per heavy atom. The topological polar surface area (TPSA) is 77.8 Å². The van der Waals surface area contributed by atoms with Gasteiger partial charge in [-0.1, -0.05) is 0 Å². The predicted octanol–water partition coefficient (Wildman–Crippen LogP) is -10.8. The van der Waals surface area contributed by atoms with Crippen molar-refractivity contribution in [3.63, 3.8) is 0 Å². The summed E-state index contributed by atoms with van der Waals surface area (Å²) in [4.78, 5) is 0. The Kier molecular flexibility index (Phi) is 48.6. The second kappa shape index (κ2) is 15.0. The zero-order valence-corrected chi connectivity index (χ0v) is 15.5. The van der Waals surface area contributed by atoms with Crippen LogP contribution in [0.3, 0.4) is 0 Å². The van der Waals surface area contributed by atoms with E-state index in [0.29, 0.717) is 0 Å². The Bertz CT molecular complexity index is 76.4. The monoisotopic (exact) mass is 353 g/mol. The third kappa shape index (κ3) is 68.4. The van der Waals surface area contributed by atoms with E-state index in [9.17, 15) is 0 Å². The molecule has 0 aromatic heterocycles. The Morgan fingerprint density at radius 3 is 1.22 bits per heavy atom. The molecule has 0 atom stereocenters. The van der Waals surface area contributed by atoms with Crippen molar-refractivity contribution in [2.75, 3.05) is 0 Å². The molecule has 9 heteroatoms. The van der Waals surface area contributed by atoms with Gasteiger partial charge in [0, 0.05) is 22.4 Å². The predicted molar refractivity (Wildman–Crippen MR) is 16.4 cm³/mol. The van der Waals surface area contributed by atoms with Crippen LogP contribution in [0.4, 0.5) is 0 Å². The van der Waals surface area contributed by atoms with E-state index in [-0.39, 0.29) is 126 Å². The maximum atomic E-state index is 8.97. The van der Waals surface area contributed by atoms with Crippen LogP contribution in [0.5, 0.6) is 0 Å². The second-order valence-electron chi connectivity index (χ2n) is 0.513. The summed E-state index contributed by atoms with van der Waals surface area (Å²) < 4.78 is 30.8. The van der Waals surface area contributed by atoms with Crippen molar-refractivity contribution in [1.29, 1.82) is 0 Å². The Labute approximate surface area is 155 Å². The van der Waals surface area contributed by atoms with Gasteiger partial charge in [0.2, 0.25) is 0 Å². The van der Waals surface area contributed by atoms with E-state index in [1.807, 2.05) is 0 Å². The van der Waals surface area contributed by atoms with Gasteiger partial charge in [-0.3, -0.25) is 0 Å². The van der Waals surface area contributed by atoms with Gasteiger partial charge in [0.05, 0.1) is 0 Å². The summed E-state index contributed by atoms with van der Waals surface area (Å²) in [5.41, 5.74) is 0. The SMILES string of the molecule is [H-].[H-].[H-].[K+].[Li+].[Na+].[Nb].[O]=[Sb]([OH])([OH])[OH]. The van der Waals surface area contributed by atoms with Crippen LogP contribution < -0.4 is 99.8 Å². The fourth-order valence-electron chi connectivity index (χ4n) is 0. The van der Waals surface area contributed by atoms with Gasteiger partial charge < -0.3 is 4.28 Å². The molecule has 0 saturated carbocycles. The third-order valence-electron chi connectivity index (χ3n) is 0. The molecule has 0 aromatic carbocycles. The zero-order valence-electron chi connectivity index (χ0n) is 8.64. The molecule has 0 aliphatic carbocycles. The van der Waals surface area contributed by atoms with E-state index in [2.05, 4.69) is 0 Å². The van der Waals surface area contributed by atoms with E-state index in [1.165, 1.54) is 0 Å². The summed E-state index contributed by atoms with van der Waals surface area (Å²) in [6, 6.07) is 0. The van der Waals surface area contributed by atoms with Gasteiger partial charge in [0.25, 0.3) is 0 Å². The van der Waals surface area contributed by atoms with Crippen molar-refractivity contribution < 1.29 is 140 Å². The van der Waals surface area contributed by atoms with E-state index >= 15 is 0 Å². The van der Waals surface area contributed by atoms with Crippen LogP contribution in [0.2, 0.25) is 0 Å². The normalized spacial score (nSPS) is 6.56. The minimum atomic E-state index is -5.35. The van der Waals surface area contributed by atoms with Gasteiger partial charge in [-0.15, -0.1) is 0 Å². The van der Waals surface area contributed by atoms with Crippen LogP contribution in [0, 0.1) is 0 Å². The van der Waals surface area contributed by atoms with Gasteiger partial charge in [0.1, 0.15) is 0 Å². The molecule has 0 unspecified atom stereocenters. The van der Waals surface area contributed by atoms with Crippen LogP contribution in [0.1, 0.15) is 4.28 Å². The van der Waals surface area contributed by atoms with Gasteiger partial charge >= 0.3 is 133 Å². The molecule has 0 amide bonds. The Balaban J connectivity index is -0.00000000381. The first-order valence-corrected chi connectivity index (χ1v) is 5.25. The molecule has 0 saturated heterocycles. The van der Waals surface area contributed by atoms with E-state index < -0.39 is 20.1 Å². The number of hydrogen-bond donors (Lipinski definition) is 3. The average molecular weight is 354 g/mol. The fourth-order valence-corrected chi connectivity index (χ4v) is 0. The van der Waals surface area contributed by atoms with Gasteiger partial charge in [-0.05, 0) is 0 Å². The summed E-state index contributed by atoms with van der Waals surface area (Å²) in [6.45, 7) is 0. The summed E-state index contributed by atoms with van der Waals surface area (Å²) in [7, 11) is 0. The third-order valence-corrected chi connectivity index (χ3v) is 0. The standard InChI is InChI=1S/K.Li.Na.Nb.3H2O.O.Sb.3H/h;;;;3*1H2;;;;;/q3*+1;;;;;;+3;3*-1/p-3. The van der Waals surface area contributed by atoms with Crippen molar-refractivity contribution in [3.05, 3.63) is 0 Å². The molecule has 3 N–H and O–H groups in total. The van der Waals surface area contributed by atoms with E-state index in [0.717, 1.165) is 0 Å². The molecule has 0 rings (SSSR count). The van der Waals surface area contributed by atoms with Crippen LogP contribution >= 0.6 is 0 Å². The van der Waals surface area contributed by atoms with Crippen molar-refractivity contribution in [3.8, 4) is 0 Å². The first kappa shape index (κ1) is 29.2. The molecule has 0 spiro atoms. The molecular formula is H6KLiNaNbO4Sb. The minimum absolute atomic E-state index is 0. The van der Waals surface area contributed by atoms with E-state index in [4.69, 9.17) is 13.2 Å². The molecule has 0 aliphatic rings. The molecule has 43 valence electrons. The van der Waals surface area contributed by atoms with Crippen molar-refractivity contribution in [2.24, 2.45) is 0 Å². The molecule has 9 heavy (non-hydrogen) atoms. The van der Waals surface area contributed by atoms with E-state index in [1.54, 1.807) is 0 Å². The van der Waals surface area contributed by atoms with Gasteiger partial charge in [0.15, 0.2) is 0 Å². The summed E-state index contributed by atoms with van der Waals surface area (Å²) in [5, 5.41) is 0. The second-order valence-corrected chi connectivity index (χ2v) is 3.44. The van der Waals surface area contributed by atoms with Crippen LogP contribution in [0.15, 0.2) is 0 Å². The molecule has 0 aromatic rings. The summed E-state index contributed by atoms with van der Waals surface area (Å²) in [5.74, 6) is 0. The molecule has 4 nitrogen and oxygen atoms in total.